The lowest BCUT2D eigenvalue weighted by Crippen LogP contribution is -2.26. The zero-order valence-electron chi connectivity index (χ0n) is 11.3. The molecule has 0 aliphatic heterocycles. The maximum atomic E-state index is 11.9. The van der Waals surface area contributed by atoms with Gasteiger partial charge in [-0.1, -0.05) is 12.1 Å². The summed E-state index contributed by atoms with van der Waals surface area (Å²) in [5, 5.41) is 8.00. The smallest absolute Gasteiger partial charge is 0.328 e. The molecule has 0 saturated carbocycles. The minimum absolute atomic E-state index is 0.0942. The van der Waals surface area contributed by atoms with Crippen LogP contribution in [-0.2, 0) is 11.2 Å². The van der Waals surface area contributed by atoms with E-state index in [0.717, 1.165) is 29.9 Å². The number of amides is 1. The van der Waals surface area contributed by atoms with E-state index in [2.05, 4.69) is 0 Å². The summed E-state index contributed by atoms with van der Waals surface area (Å²) in [6.07, 6.45) is 2.98. The quantitative estimate of drug-likeness (QED) is 0.835. The summed E-state index contributed by atoms with van der Waals surface area (Å²) in [6.45, 7) is 0. The van der Waals surface area contributed by atoms with Crippen molar-refractivity contribution in [1.82, 2.24) is 9.47 Å². The van der Waals surface area contributed by atoms with Gasteiger partial charge in [0.25, 0.3) is 0 Å². The van der Waals surface area contributed by atoms with Crippen molar-refractivity contribution in [1.29, 1.82) is 0 Å². The lowest BCUT2D eigenvalue weighted by Gasteiger charge is -2.12. The first-order chi connectivity index (χ1) is 9.13. The minimum atomic E-state index is -0.0942. The third-order valence-corrected chi connectivity index (χ3v) is 2.67. The molecule has 0 saturated heterocycles. The highest BCUT2D eigenvalue weighted by atomic mass is 16.2. The van der Waals surface area contributed by atoms with E-state index in [4.69, 9.17) is 5.11 Å². The second kappa shape index (κ2) is 6.70. The molecule has 2 aromatic rings. The average molecular weight is 262 g/mol. The Labute approximate surface area is 112 Å². The second-order valence-electron chi connectivity index (χ2n) is 4.13. The van der Waals surface area contributed by atoms with Crippen molar-refractivity contribution in [3.05, 3.63) is 36.0 Å². The molecule has 0 bridgehead atoms. The van der Waals surface area contributed by atoms with Crippen LogP contribution in [-0.4, -0.2) is 48.1 Å². The van der Waals surface area contributed by atoms with Crippen LogP contribution in [0.3, 0.4) is 0 Å². The van der Waals surface area contributed by atoms with Crippen LogP contribution in [0.5, 0.6) is 0 Å². The van der Waals surface area contributed by atoms with Crippen LogP contribution in [0, 0.1) is 0 Å². The molecule has 2 rings (SSSR count). The van der Waals surface area contributed by atoms with Crippen LogP contribution in [0.15, 0.2) is 30.5 Å². The molecule has 1 heterocycles. The largest absolute Gasteiger partial charge is 0.400 e. The third kappa shape index (κ3) is 3.20. The van der Waals surface area contributed by atoms with Crippen LogP contribution in [0.2, 0.25) is 0 Å². The number of hydrogen-bond donors (Lipinski definition) is 1. The molecule has 0 aliphatic rings. The molecule has 5 heteroatoms. The van der Waals surface area contributed by atoms with E-state index in [1.165, 1.54) is 4.90 Å². The predicted octanol–water partition coefficient (Wildman–Crippen LogP) is 1.52. The predicted molar refractivity (Wildman–Crippen MR) is 74.3 cm³/mol. The van der Waals surface area contributed by atoms with Gasteiger partial charge in [0.05, 0.1) is 5.52 Å². The minimum Gasteiger partial charge on any atom is -0.400 e. The topological polar surface area (TPSA) is 62.5 Å². The van der Waals surface area contributed by atoms with Crippen molar-refractivity contribution in [2.75, 3.05) is 21.2 Å². The summed E-state index contributed by atoms with van der Waals surface area (Å²) in [6, 6.07) is 7.50. The fourth-order valence-electron chi connectivity index (χ4n) is 1.78. The summed E-state index contributed by atoms with van der Waals surface area (Å²) in [7, 11) is 4.42. The molecule has 1 N–H and O–H groups in total. The van der Waals surface area contributed by atoms with Crippen molar-refractivity contribution >= 4 is 23.2 Å². The number of aliphatic hydroxyl groups excluding tert-OH is 1. The normalized spacial score (nSPS) is 9.68. The van der Waals surface area contributed by atoms with Gasteiger partial charge in [0.15, 0.2) is 0 Å². The molecule has 0 atom stereocenters. The second-order valence-corrected chi connectivity index (χ2v) is 4.13. The first kappa shape index (κ1) is 14.9. The molecule has 0 spiro atoms. The monoisotopic (exact) mass is 262 g/mol. The lowest BCUT2D eigenvalue weighted by atomic mass is 10.1. The van der Waals surface area contributed by atoms with E-state index in [-0.39, 0.29) is 6.03 Å². The van der Waals surface area contributed by atoms with Crippen molar-refractivity contribution in [3.8, 4) is 0 Å². The highest BCUT2D eigenvalue weighted by molar-refractivity contribution is 5.92. The standard InChI is InChI=1S/C13H14N2O2.CH4O/c1-14(2)13(17)15-7-5-11-4-3-10(6-8-16)9-12(11)15;1-2/h3-5,7-9H,6H2,1-2H3;2H,1H3. The average Bonchev–Trinajstić information content (AvgIpc) is 2.83. The van der Waals surface area contributed by atoms with Gasteiger partial charge >= 0.3 is 6.03 Å². The van der Waals surface area contributed by atoms with Crippen LogP contribution in [0.4, 0.5) is 4.79 Å². The Bertz CT molecular complexity index is 573. The van der Waals surface area contributed by atoms with Gasteiger partial charge in [0.1, 0.15) is 6.29 Å². The Balaban J connectivity index is 0.000000861. The maximum absolute atomic E-state index is 11.9. The van der Waals surface area contributed by atoms with Crippen molar-refractivity contribution in [2.45, 2.75) is 6.42 Å². The van der Waals surface area contributed by atoms with E-state index in [1.54, 1.807) is 24.9 Å². The van der Waals surface area contributed by atoms with Gasteiger partial charge in [-0.25, -0.2) is 4.79 Å². The molecule has 0 fully saturated rings. The molecule has 19 heavy (non-hydrogen) atoms. The highest BCUT2D eigenvalue weighted by Gasteiger charge is 2.10. The number of benzene rings is 1. The molecule has 1 amide bonds. The van der Waals surface area contributed by atoms with Gasteiger partial charge in [0, 0.05) is 39.2 Å². The van der Waals surface area contributed by atoms with Crippen molar-refractivity contribution in [3.63, 3.8) is 0 Å². The summed E-state index contributed by atoms with van der Waals surface area (Å²) < 4.78 is 1.59. The summed E-state index contributed by atoms with van der Waals surface area (Å²) >= 11 is 0. The fourth-order valence-corrected chi connectivity index (χ4v) is 1.78. The molecule has 1 aromatic heterocycles. The Morgan fingerprint density at radius 2 is 2.00 bits per heavy atom. The van der Waals surface area contributed by atoms with Crippen molar-refractivity contribution < 1.29 is 14.7 Å². The number of rotatable bonds is 2. The van der Waals surface area contributed by atoms with Crippen LogP contribution in [0.25, 0.3) is 10.9 Å². The molecule has 5 nitrogen and oxygen atoms in total. The van der Waals surface area contributed by atoms with Gasteiger partial charge in [-0.15, -0.1) is 0 Å². The van der Waals surface area contributed by atoms with Gasteiger partial charge < -0.3 is 14.8 Å². The number of fused-ring (bicyclic) bond motifs is 1. The Hall–Kier alpha value is -2.14. The molecule has 0 aliphatic carbocycles. The van der Waals surface area contributed by atoms with E-state index in [9.17, 15) is 9.59 Å². The number of aromatic nitrogens is 1. The Morgan fingerprint density at radius 3 is 2.58 bits per heavy atom. The highest BCUT2D eigenvalue weighted by Crippen LogP contribution is 2.18. The number of hydrogen-bond acceptors (Lipinski definition) is 3. The summed E-state index contributed by atoms with van der Waals surface area (Å²) in [5.41, 5.74) is 1.75. The molecule has 0 radical (unpaired) electrons. The number of aliphatic hydroxyl groups is 1. The fraction of sp³-hybridized carbons (Fsp3) is 0.286. The van der Waals surface area contributed by atoms with Gasteiger partial charge in [-0.2, -0.15) is 0 Å². The Kier molecular flexibility index (Phi) is 5.26. The third-order valence-electron chi connectivity index (χ3n) is 2.67. The summed E-state index contributed by atoms with van der Waals surface area (Å²) in [4.78, 5) is 23.9. The lowest BCUT2D eigenvalue weighted by molar-refractivity contribution is -0.107. The zero-order chi connectivity index (χ0) is 14.4. The van der Waals surface area contributed by atoms with Crippen LogP contribution in [0.1, 0.15) is 5.56 Å². The van der Waals surface area contributed by atoms with Gasteiger partial charge in [0.2, 0.25) is 0 Å². The first-order valence-electron chi connectivity index (χ1n) is 5.83. The van der Waals surface area contributed by atoms with Crippen LogP contribution >= 0.6 is 0 Å². The molecule has 1 aromatic carbocycles. The summed E-state index contributed by atoms with van der Waals surface area (Å²) in [5.74, 6) is 0. The zero-order valence-corrected chi connectivity index (χ0v) is 11.3. The molecular weight excluding hydrogens is 244 g/mol. The Morgan fingerprint density at radius 1 is 1.32 bits per heavy atom. The van der Waals surface area contributed by atoms with E-state index in [1.807, 2.05) is 24.3 Å². The number of aldehydes is 1. The number of carbonyl (C=O) groups excluding carboxylic acids is 2. The van der Waals surface area contributed by atoms with E-state index in [0.29, 0.717) is 6.42 Å². The maximum Gasteiger partial charge on any atom is 0.328 e. The SMILES string of the molecule is CN(C)C(=O)n1ccc2ccc(CC=O)cc21.CO. The van der Waals surface area contributed by atoms with E-state index < -0.39 is 0 Å². The van der Waals surface area contributed by atoms with Crippen molar-refractivity contribution in [2.24, 2.45) is 0 Å². The number of carbonyl (C=O) groups is 2. The molecule has 0 unspecified atom stereocenters. The van der Waals surface area contributed by atoms with E-state index >= 15 is 0 Å². The number of nitrogens with zero attached hydrogens (tertiary/aromatic N) is 2. The first-order valence-corrected chi connectivity index (χ1v) is 5.83. The van der Waals surface area contributed by atoms with Crippen LogP contribution < -0.4 is 0 Å². The molecule has 102 valence electrons. The van der Waals surface area contributed by atoms with Gasteiger partial charge in [-0.05, 0) is 17.7 Å². The molecular formula is C14H18N2O3. The van der Waals surface area contributed by atoms with Gasteiger partial charge in [-0.3, -0.25) is 4.57 Å².